The van der Waals surface area contributed by atoms with Crippen molar-refractivity contribution < 1.29 is 4.92 Å². The molecule has 0 saturated carbocycles. The molecular formula is C14H20IN3O2. The molecule has 1 aromatic rings. The van der Waals surface area contributed by atoms with Crippen LogP contribution in [0.25, 0.3) is 0 Å². The number of nitrogens with zero attached hydrogens (tertiary/aromatic N) is 1. The Morgan fingerprint density at radius 2 is 2.30 bits per heavy atom. The Balaban J connectivity index is 2.00. The SMILES string of the molecule is CC1(C)CCCNC1CNc1ccc([N+](=O)[O-])c(I)c1. The lowest BCUT2D eigenvalue weighted by Crippen LogP contribution is -2.50. The first-order chi connectivity index (χ1) is 9.40. The second-order valence-electron chi connectivity index (χ2n) is 5.90. The van der Waals surface area contributed by atoms with Gasteiger partial charge in [-0.3, -0.25) is 10.1 Å². The van der Waals surface area contributed by atoms with Gasteiger partial charge in [0.05, 0.1) is 8.49 Å². The summed E-state index contributed by atoms with van der Waals surface area (Å²) in [6.07, 6.45) is 2.45. The standard InChI is InChI=1S/C14H20IN3O2/c1-14(2)6-3-7-16-13(14)9-17-10-4-5-12(18(19)20)11(15)8-10/h4-5,8,13,16-17H,3,6-7,9H2,1-2H3. The van der Waals surface area contributed by atoms with E-state index in [0.29, 0.717) is 9.61 Å². The van der Waals surface area contributed by atoms with Crippen LogP contribution in [0.5, 0.6) is 0 Å². The Labute approximate surface area is 132 Å². The molecule has 110 valence electrons. The predicted octanol–water partition coefficient (Wildman–Crippen LogP) is 3.39. The summed E-state index contributed by atoms with van der Waals surface area (Å²) in [5, 5.41) is 17.7. The Hall–Kier alpha value is -0.890. The van der Waals surface area contributed by atoms with Crippen molar-refractivity contribution in [2.45, 2.75) is 32.7 Å². The number of hydrogen-bond acceptors (Lipinski definition) is 4. The van der Waals surface area contributed by atoms with E-state index in [1.165, 1.54) is 12.8 Å². The van der Waals surface area contributed by atoms with Crippen molar-refractivity contribution in [2.24, 2.45) is 5.41 Å². The molecule has 2 N–H and O–H groups in total. The van der Waals surface area contributed by atoms with E-state index in [0.717, 1.165) is 18.8 Å². The largest absolute Gasteiger partial charge is 0.383 e. The molecule has 2 rings (SSSR count). The van der Waals surface area contributed by atoms with Gasteiger partial charge in [0.2, 0.25) is 0 Å². The van der Waals surface area contributed by atoms with Gasteiger partial charge in [-0.05, 0) is 59.5 Å². The summed E-state index contributed by atoms with van der Waals surface area (Å²) in [5.41, 5.74) is 1.37. The molecule has 1 fully saturated rings. The summed E-state index contributed by atoms with van der Waals surface area (Å²) in [6, 6.07) is 5.58. The van der Waals surface area contributed by atoms with E-state index in [2.05, 4.69) is 24.5 Å². The van der Waals surface area contributed by atoms with E-state index < -0.39 is 0 Å². The number of piperidine rings is 1. The van der Waals surface area contributed by atoms with Crippen LogP contribution in [0.4, 0.5) is 11.4 Å². The van der Waals surface area contributed by atoms with Gasteiger partial charge in [0.15, 0.2) is 0 Å². The van der Waals surface area contributed by atoms with Gasteiger partial charge in [0, 0.05) is 24.3 Å². The fourth-order valence-corrected chi connectivity index (χ4v) is 3.32. The molecule has 0 spiro atoms. The van der Waals surface area contributed by atoms with E-state index >= 15 is 0 Å². The Morgan fingerprint density at radius 3 is 2.90 bits per heavy atom. The highest BCUT2D eigenvalue weighted by molar-refractivity contribution is 14.1. The second-order valence-corrected chi connectivity index (χ2v) is 7.07. The minimum Gasteiger partial charge on any atom is -0.383 e. The minimum absolute atomic E-state index is 0.160. The van der Waals surface area contributed by atoms with Crippen LogP contribution in [0.2, 0.25) is 0 Å². The van der Waals surface area contributed by atoms with Crippen LogP contribution in [0.15, 0.2) is 18.2 Å². The highest BCUT2D eigenvalue weighted by Gasteiger charge is 2.31. The fraction of sp³-hybridized carbons (Fsp3) is 0.571. The third-order valence-electron chi connectivity index (χ3n) is 3.99. The van der Waals surface area contributed by atoms with Gasteiger partial charge in [-0.1, -0.05) is 13.8 Å². The number of nitrogens with one attached hydrogen (secondary N) is 2. The number of halogens is 1. The molecule has 1 heterocycles. The lowest BCUT2D eigenvalue weighted by atomic mass is 9.77. The van der Waals surface area contributed by atoms with Gasteiger partial charge in [0.1, 0.15) is 0 Å². The molecule has 1 aliphatic rings. The maximum atomic E-state index is 10.8. The highest BCUT2D eigenvalue weighted by Crippen LogP contribution is 2.30. The molecule has 0 bridgehead atoms. The number of benzene rings is 1. The van der Waals surface area contributed by atoms with Crippen molar-refractivity contribution >= 4 is 34.0 Å². The summed E-state index contributed by atoms with van der Waals surface area (Å²) in [6.45, 7) is 6.46. The van der Waals surface area contributed by atoms with Gasteiger partial charge in [-0.15, -0.1) is 0 Å². The van der Waals surface area contributed by atoms with Gasteiger partial charge in [-0.25, -0.2) is 0 Å². The average molecular weight is 389 g/mol. The lowest BCUT2D eigenvalue weighted by Gasteiger charge is -2.39. The van der Waals surface area contributed by atoms with Crippen molar-refractivity contribution in [2.75, 3.05) is 18.4 Å². The number of nitro groups is 1. The van der Waals surface area contributed by atoms with Crippen molar-refractivity contribution in [3.8, 4) is 0 Å². The van der Waals surface area contributed by atoms with E-state index in [1.807, 2.05) is 28.7 Å². The second kappa shape index (κ2) is 6.26. The van der Waals surface area contributed by atoms with Gasteiger partial charge in [-0.2, -0.15) is 0 Å². The first-order valence-electron chi connectivity index (χ1n) is 6.81. The zero-order chi connectivity index (χ0) is 14.8. The van der Waals surface area contributed by atoms with Crippen molar-refractivity contribution in [3.63, 3.8) is 0 Å². The molecule has 6 heteroatoms. The number of anilines is 1. The van der Waals surface area contributed by atoms with Crippen molar-refractivity contribution in [3.05, 3.63) is 31.9 Å². The summed E-state index contributed by atoms with van der Waals surface area (Å²) >= 11 is 2.00. The average Bonchev–Trinajstić information content (AvgIpc) is 2.36. The first-order valence-corrected chi connectivity index (χ1v) is 7.89. The molecule has 0 amide bonds. The Kier molecular flexibility index (Phi) is 4.85. The maximum Gasteiger partial charge on any atom is 0.282 e. The molecule has 5 nitrogen and oxygen atoms in total. The van der Waals surface area contributed by atoms with Crippen LogP contribution in [0.3, 0.4) is 0 Å². The number of nitro benzene ring substituents is 1. The normalized spacial score (nSPS) is 21.4. The van der Waals surface area contributed by atoms with Crippen LogP contribution in [0, 0.1) is 19.1 Å². The molecule has 0 aromatic heterocycles. The lowest BCUT2D eigenvalue weighted by molar-refractivity contribution is -0.385. The minimum atomic E-state index is -0.350. The summed E-state index contributed by atoms with van der Waals surface area (Å²) in [7, 11) is 0. The zero-order valence-electron chi connectivity index (χ0n) is 11.8. The quantitative estimate of drug-likeness (QED) is 0.471. The third kappa shape index (κ3) is 3.60. The van der Waals surface area contributed by atoms with E-state index in [9.17, 15) is 10.1 Å². The topological polar surface area (TPSA) is 67.2 Å². The van der Waals surface area contributed by atoms with Crippen LogP contribution in [-0.4, -0.2) is 24.1 Å². The van der Waals surface area contributed by atoms with Crippen LogP contribution in [0.1, 0.15) is 26.7 Å². The molecule has 1 aromatic carbocycles. The molecular weight excluding hydrogens is 369 g/mol. The fourth-order valence-electron chi connectivity index (χ4n) is 2.60. The predicted molar refractivity (Wildman–Crippen MR) is 89.1 cm³/mol. The van der Waals surface area contributed by atoms with Crippen LogP contribution in [-0.2, 0) is 0 Å². The summed E-state index contributed by atoms with van der Waals surface area (Å²) < 4.78 is 0.661. The Morgan fingerprint density at radius 1 is 1.55 bits per heavy atom. The highest BCUT2D eigenvalue weighted by atomic mass is 127. The maximum absolute atomic E-state index is 10.8. The molecule has 1 saturated heterocycles. The number of hydrogen-bond donors (Lipinski definition) is 2. The van der Waals surface area contributed by atoms with E-state index in [1.54, 1.807) is 12.1 Å². The third-order valence-corrected chi connectivity index (χ3v) is 4.85. The molecule has 1 unspecified atom stereocenters. The monoisotopic (exact) mass is 389 g/mol. The molecule has 0 radical (unpaired) electrons. The van der Waals surface area contributed by atoms with Gasteiger partial charge < -0.3 is 10.6 Å². The van der Waals surface area contributed by atoms with Crippen LogP contribution >= 0.6 is 22.6 Å². The molecule has 20 heavy (non-hydrogen) atoms. The first kappa shape index (κ1) is 15.5. The van der Waals surface area contributed by atoms with Crippen molar-refractivity contribution in [1.82, 2.24) is 5.32 Å². The van der Waals surface area contributed by atoms with Crippen LogP contribution < -0.4 is 10.6 Å². The molecule has 0 aliphatic carbocycles. The Bertz CT molecular complexity index is 505. The van der Waals surface area contributed by atoms with Gasteiger partial charge in [0.25, 0.3) is 5.69 Å². The van der Waals surface area contributed by atoms with E-state index in [-0.39, 0.29) is 16.0 Å². The molecule has 1 aliphatic heterocycles. The summed E-state index contributed by atoms with van der Waals surface area (Å²) in [4.78, 5) is 10.4. The smallest absolute Gasteiger partial charge is 0.282 e. The summed E-state index contributed by atoms with van der Waals surface area (Å²) in [5.74, 6) is 0. The zero-order valence-corrected chi connectivity index (χ0v) is 13.9. The van der Waals surface area contributed by atoms with E-state index in [4.69, 9.17) is 0 Å². The molecule has 1 atom stereocenters. The van der Waals surface area contributed by atoms with Gasteiger partial charge >= 0.3 is 0 Å². The number of rotatable bonds is 4. The van der Waals surface area contributed by atoms with Crippen molar-refractivity contribution in [1.29, 1.82) is 0 Å².